The second kappa shape index (κ2) is 15.4. The number of rotatable bonds is 13. The van der Waals surface area contributed by atoms with Gasteiger partial charge in [0.05, 0.1) is 18.3 Å². The van der Waals surface area contributed by atoms with Crippen LogP contribution in [0.15, 0.2) is 58.0 Å². The number of thiazole rings is 1. The number of aliphatic hydroxyl groups is 1. The van der Waals surface area contributed by atoms with Crippen LogP contribution >= 0.6 is 23.1 Å². The summed E-state index contributed by atoms with van der Waals surface area (Å²) in [6.07, 6.45) is 8.87. The van der Waals surface area contributed by atoms with E-state index in [1.807, 2.05) is 0 Å². The molecule has 5 N–H and O–H groups in total. The van der Waals surface area contributed by atoms with E-state index in [9.17, 15) is 29.1 Å². The number of carboxylic acid groups (broad SMARTS) is 1. The lowest BCUT2D eigenvalue weighted by atomic mass is 10.0. The fraction of sp³-hybridized carbons (Fsp3) is 0.438. The molecule has 0 unspecified atom stereocenters. The predicted octanol–water partition coefficient (Wildman–Crippen LogP) is -1.45. The van der Waals surface area contributed by atoms with Gasteiger partial charge < -0.3 is 41.1 Å². The van der Waals surface area contributed by atoms with Gasteiger partial charge in [0, 0.05) is 48.5 Å². The number of nitrogens with one attached hydrogen (secondary N) is 2. The number of thioether (sulfide) groups is 1. The Balaban J connectivity index is 1.11. The molecule has 3 aliphatic heterocycles. The highest BCUT2D eigenvalue weighted by Gasteiger charge is 2.53. The SMILES string of the molecule is Nc1nc(/C(=N/OC2CCCC2)C(=O)N[C@@H]2C(=O)N3C(C(=O)[O-])=C(/C=C4\CCN(Cc5cc[n+](CC(=O)NCCO)cc5)C4=O)CS[C@H]23)cs1. The van der Waals surface area contributed by atoms with Crippen molar-refractivity contribution in [3.05, 3.63) is 64.1 Å². The number of nitrogens with two attached hydrogens (primary N) is 1. The number of carbonyl (C=O) groups is 5. The molecule has 4 aliphatic rings. The molecular formula is C32H36N8O8S2. The monoisotopic (exact) mass is 724 g/mol. The number of β-lactam (4-membered cyclic amide) rings is 1. The topological polar surface area (TPSA) is 224 Å². The van der Waals surface area contributed by atoms with Crippen LogP contribution in [-0.4, -0.2) is 98.2 Å². The molecule has 18 heteroatoms. The van der Waals surface area contributed by atoms with Crippen LogP contribution in [0.25, 0.3) is 0 Å². The minimum absolute atomic E-state index is 0.0873. The maximum atomic E-state index is 13.4. The lowest BCUT2D eigenvalue weighted by Crippen LogP contribution is -2.71. The van der Waals surface area contributed by atoms with Gasteiger partial charge >= 0.3 is 0 Å². The average Bonchev–Trinajstić information content (AvgIpc) is 3.86. The number of carbonyl (C=O) groups excluding carboxylic acids is 5. The van der Waals surface area contributed by atoms with Crippen molar-refractivity contribution < 1.29 is 43.6 Å². The maximum Gasteiger partial charge on any atom is 0.286 e. The van der Waals surface area contributed by atoms with E-state index in [1.54, 1.807) is 39.4 Å². The molecule has 1 aliphatic carbocycles. The number of aromatic nitrogens is 2. The summed E-state index contributed by atoms with van der Waals surface area (Å²) in [6, 6.07) is 2.57. The third kappa shape index (κ3) is 7.66. The Labute approximate surface area is 295 Å². The number of nitrogen functional groups attached to an aromatic ring is 1. The molecule has 4 amide bonds. The standard InChI is InChI=1S/C32H36N8O8S2/c33-32-35-22(17-50-32)24(37-48-21-3-1-2-4-21)27(43)36-25-29(45)40-26(31(46)47)20(16-49-30(25)40)13-19-7-11-39(28(19)44)14-18-5-9-38(10-6-18)15-23(42)34-8-12-41/h5-6,9-10,13,17,21,25,30,41H,1-4,7-8,11-12,14-16H2,(H4-,33,34,35,36,42,43,46,47)/b19-13+,37-24-/t25-,30-/m1/s1. The number of carboxylic acids is 1. The fourth-order valence-corrected chi connectivity index (χ4v) is 8.03. The van der Waals surface area contributed by atoms with Crippen molar-refractivity contribution in [3.63, 3.8) is 0 Å². The van der Waals surface area contributed by atoms with Gasteiger partial charge in [-0.3, -0.25) is 24.1 Å². The Bertz CT molecular complexity index is 1770. The zero-order valence-electron chi connectivity index (χ0n) is 26.9. The molecule has 0 bridgehead atoms. The zero-order chi connectivity index (χ0) is 35.4. The second-order valence-corrected chi connectivity index (χ2v) is 14.1. The van der Waals surface area contributed by atoms with Crippen LogP contribution in [0.3, 0.4) is 0 Å². The lowest BCUT2D eigenvalue weighted by Gasteiger charge is -2.50. The highest BCUT2D eigenvalue weighted by molar-refractivity contribution is 8.00. The van der Waals surface area contributed by atoms with Crippen LogP contribution in [0.5, 0.6) is 0 Å². The molecule has 0 spiro atoms. The Morgan fingerprint density at radius 2 is 1.98 bits per heavy atom. The van der Waals surface area contributed by atoms with Crippen molar-refractivity contribution in [2.45, 2.75) is 62.7 Å². The zero-order valence-corrected chi connectivity index (χ0v) is 28.5. The summed E-state index contributed by atoms with van der Waals surface area (Å²) in [5, 5.41) is 31.6. The van der Waals surface area contributed by atoms with Crippen LogP contribution in [0.4, 0.5) is 5.13 Å². The molecule has 50 heavy (non-hydrogen) atoms. The molecule has 2 atom stereocenters. The second-order valence-electron chi connectivity index (χ2n) is 12.1. The number of aliphatic hydroxyl groups excluding tert-OH is 1. The van der Waals surface area contributed by atoms with Crippen molar-refractivity contribution in [1.82, 2.24) is 25.4 Å². The van der Waals surface area contributed by atoms with E-state index in [-0.39, 0.29) is 71.2 Å². The summed E-state index contributed by atoms with van der Waals surface area (Å²) in [6.45, 7) is 0.854. The minimum Gasteiger partial charge on any atom is -0.543 e. The van der Waals surface area contributed by atoms with Crippen molar-refractivity contribution in [3.8, 4) is 0 Å². The Morgan fingerprint density at radius 1 is 1.22 bits per heavy atom. The van der Waals surface area contributed by atoms with E-state index in [4.69, 9.17) is 15.7 Å². The first kappa shape index (κ1) is 35.0. The van der Waals surface area contributed by atoms with Gasteiger partial charge in [-0.05, 0) is 49.3 Å². The number of hydrogen-bond acceptors (Lipinski definition) is 13. The van der Waals surface area contributed by atoms with E-state index in [0.717, 1.165) is 47.5 Å². The van der Waals surface area contributed by atoms with Crippen molar-refractivity contribution >= 4 is 63.5 Å². The van der Waals surface area contributed by atoms with Crippen LogP contribution in [0.2, 0.25) is 0 Å². The largest absolute Gasteiger partial charge is 0.543 e. The number of aliphatic carboxylic acids is 1. The molecule has 2 saturated heterocycles. The number of hydrogen-bond donors (Lipinski definition) is 4. The first-order valence-electron chi connectivity index (χ1n) is 16.1. The first-order valence-corrected chi connectivity index (χ1v) is 18.1. The summed E-state index contributed by atoms with van der Waals surface area (Å²) in [5.41, 5.74) is 7.06. The molecule has 2 aromatic rings. The van der Waals surface area contributed by atoms with Gasteiger partial charge in [-0.1, -0.05) is 5.16 Å². The van der Waals surface area contributed by atoms with Gasteiger partial charge in [0.15, 0.2) is 23.2 Å². The number of anilines is 1. The van der Waals surface area contributed by atoms with Gasteiger partial charge in [0.25, 0.3) is 17.7 Å². The quantitative estimate of drug-likeness (QED) is 0.0615. The highest BCUT2D eigenvalue weighted by atomic mass is 32.2. The average molecular weight is 725 g/mol. The third-order valence-electron chi connectivity index (χ3n) is 8.71. The number of pyridine rings is 1. The summed E-state index contributed by atoms with van der Waals surface area (Å²) in [5.74, 6) is -3.22. The Morgan fingerprint density at radius 3 is 2.66 bits per heavy atom. The molecule has 1 saturated carbocycles. The third-order valence-corrected chi connectivity index (χ3v) is 10.7. The van der Waals surface area contributed by atoms with Crippen molar-refractivity contribution in [1.29, 1.82) is 0 Å². The van der Waals surface area contributed by atoms with Gasteiger partial charge in [-0.2, -0.15) is 4.57 Å². The molecule has 0 radical (unpaired) electrons. The normalized spacial score (nSPS) is 21.8. The lowest BCUT2D eigenvalue weighted by molar-refractivity contribution is -0.684. The number of nitrogens with zero attached hydrogens (tertiary/aromatic N) is 5. The van der Waals surface area contributed by atoms with E-state index in [1.165, 1.54) is 17.8 Å². The van der Waals surface area contributed by atoms with Gasteiger partial charge in [0.1, 0.15) is 23.2 Å². The summed E-state index contributed by atoms with van der Waals surface area (Å²) >= 11 is 2.39. The Kier molecular flexibility index (Phi) is 10.8. The number of amides is 4. The van der Waals surface area contributed by atoms with E-state index >= 15 is 0 Å². The smallest absolute Gasteiger partial charge is 0.286 e. The Hall–Kier alpha value is -4.81. The molecule has 16 nitrogen and oxygen atoms in total. The van der Waals surface area contributed by atoms with Gasteiger partial charge in [-0.25, -0.2) is 4.98 Å². The summed E-state index contributed by atoms with van der Waals surface area (Å²) < 4.78 is 1.68. The highest BCUT2D eigenvalue weighted by Crippen LogP contribution is 2.41. The van der Waals surface area contributed by atoms with Crippen LogP contribution < -0.4 is 26.0 Å². The molecule has 6 rings (SSSR count). The van der Waals surface area contributed by atoms with E-state index in [2.05, 4.69) is 20.8 Å². The van der Waals surface area contributed by atoms with Crippen LogP contribution in [0.1, 0.15) is 43.4 Å². The summed E-state index contributed by atoms with van der Waals surface area (Å²) in [4.78, 5) is 76.8. The fourth-order valence-electron chi connectivity index (χ4n) is 6.17. The molecule has 2 aromatic heterocycles. The van der Waals surface area contributed by atoms with E-state index in [0.29, 0.717) is 25.1 Å². The van der Waals surface area contributed by atoms with Crippen molar-refractivity contribution in [2.24, 2.45) is 5.16 Å². The van der Waals surface area contributed by atoms with Gasteiger partial charge in [-0.15, -0.1) is 23.1 Å². The number of fused-ring (bicyclic) bond motifs is 1. The molecular weight excluding hydrogens is 689 g/mol. The molecule has 264 valence electrons. The number of likely N-dealkylation sites (tertiary alicyclic amines) is 1. The molecule has 0 aromatic carbocycles. The predicted molar refractivity (Wildman–Crippen MR) is 178 cm³/mol. The molecule has 5 heterocycles. The van der Waals surface area contributed by atoms with Crippen LogP contribution in [0, 0.1) is 0 Å². The van der Waals surface area contributed by atoms with Crippen LogP contribution in [-0.2, 0) is 41.9 Å². The number of allylic oxidation sites excluding steroid dienone is 1. The minimum atomic E-state index is -1.56. The first-order chi connectivity index (χ1) is 24.1. The van der Waals surface area contributed by atoms with Gasteiger partial charge in [0.2, 0.25) is 12.5 Å². The molecule has 3 fully saturated rings. The maximum absolute atomic E-state index is 13.4. The summed E-state index contributed by atoms with van der Waals surface area (Å²) in [7, 11) is 0. The number of oxime groups is 1. The van der Waals surface area contributed by atoms with Crippen molar-refractivity contribution in [2.75, 3.05) is 31.2 Å². The van der Waals surface area contributed by atoms with E-state index < -0.39 is 29.2 Å².